The number of non-ortho nitro benzene ring substituents is 1. The van der Waals surface area contributed by atoms with Crippen molar-refractivity contribution in [3.05, 3.63) is 88.0 Å². The van der Waals surface area contributed by atoms with E-state index in [1.807, 2.05) is 0 Å². The number of benzene rings is 2. The zero-order valence-electron chi connectivity index (χ0n) is 15.4. The van der Waals surface area contributed by atoms with Gasteiger partial charge in [0.05, 0.1) is 16.2 Å². The molecule has 4 aromatic rings. The molecule has 2 heterocycles. The van der Waals surface area contributed by atoms with Crippen LogP contribution in [0.25, 0.3) is 17.1 Å². The molecule has 0 atom stereocenters. The number of nitro groups is 1. The van der Waals surface area contributed by atoms with Crippen LogP contribution in [0.3, 0.4) is 0 Å². The molecular formula is C19H11F2N5O5. The number of esters is 1. The lowest BCUT2D eigenvalue weighted by molar-refractivity contribution is -0.384. The molecule has 0 radical (unpaired) electrons. The highest BCUT2D eigenvalue weighted by Crippen LogP contribution is 2.22. The van der Waals surface area contributed by atoms with E-state index in [-0.39, 0.29) is 35.3 Å². The van der Waals surface area contributed by atoms with Crippen molar-refractivity contribution in [1.82, 2.24) is 19.9 Å². The second-order valence-electron chi connectivity index (χ2n) is 6.14. The maximum Gasteiger partial charge on any atom is 0.359 e. The molecular weight excluding hydrogens is 416 g/mol. The summed E-state index contributed by atoms with van der Waals surface area (Å²) < 4.78 is 38.1. The molecule has 0 bridgehead atoms. The Balaban J connectivity index is 1.43. The Morgan fingerprint density at radius 3 is 2.81 bits per heavy atom. The Morgan fingerprint density at radius 1 is 1.19 bits per heavy atom. The summed E-state index contributed by atoms with van der Waals surface area (Å²) in [5.74, 6) is -2.66. The van der Waals surface area contributed by atoms with E-state index in [2.05, 4.69) is 15.2 Å². The fraction of sp³-hybridized carbons (Fsp3) is 0.0526. The molecule has 0 spiro atoms. The molecule has 31 heavy (non-hydrogen) atoms. The van der Waals surface area contributed by atoms with E-state index in [4.69, 9.17) is 9.26 Å². The van der Waals surface area contributed by atoms with Gasteiger partial charge in [-0.25, -0.2) is 18.3 Å². The normalized spacial score (nSPS) is 10.8. The Morgan fingerprint density at radius 2 is 2.03 bits per heavy atom. The van der Waals surface area contributed by atoms with E-state index >= 15 is 0 Å². The molecule has 0 fully saturated rings. The van der Waals surface area contributed by atoms with Gasteiger partial charge in [0.25, 0.3) is 11.6 Å². The maximum absolute atomic E-state index is 13.8. The maximum atomic E-state index is 13.8. The summed E-state index contributed by atoms with van der Waals surface area (Å²) in [5.41, 5.74) is 0.113. The highest BCUT2D eigenvalue weighted by molar-refractivity contribution is 5.87. The number of aromatic nitrogens is 4. The minimum atomic E-state index is -0.876. The van der Waals surface area contributed by atoms with Gasteiger partial charge in [-0.2, -0.15) is 10.1 Å². The van der Waals surface area contributed by atoms with E-state index in [1.54, 1.807) is 6.07 Å². The molecule has 0 aliphatic carbocycles. The molecule has 2 aromatic carbocycles. The largest absolute Gasteiger partial charge is 0.453 e. The van der Waals surface area contributed by atoms with Gasteiger partial charge >= 0.3 is 5.97 Å². The fourth-order valence-corrected chi connectivity index (χ4v) is 2.61. The highest BCUT2D eigenvalue weighted by Gasteiger charge is 2.17. The molecule has 156 valence electrons. The molecule has 0 aliphatic rings. The molecule has 4 rings (SSSR count). The number of rotatable bonds is 6. The minimum absolute atomic E-state index is 0.0369. The van der Waals surface area contributed by atoms with Crippen LogP contribution in [0.15, 0.2) is 59.3 Å². The third-order valence-corrected chi connectivity index (χ3v) is 4.07. The van der Waals surface area contributed by atoms with Gasteiger partial charge in [0.1, 0.15) is 11.6 Å². The average Bonchev–Trinajstić information content (AvgIpc) is 3.42. The summed E-state index contributed by atoms with van der Waals surface area (Å²) in [6.07, 6.45) is 1.44. The van der Waals surface area contributed by atoms with E-state index in [9.17, 15) is 23.7 Å². The van der Waals surface area contributed by atoms with Crippen molar-refractivity contribution in [1.29, 1.82) is 0 Å². The zero-order chi connectivity index (χ0) is 22.0. The molecule has 0 amide bonds. The lowest BCUT2D eigenvalue weighted by atomic mass is 10.2. The lowest BCUT2D eigenvalue weighted by Gasteiger charge is -2.01. The summed E-state index contributed by atoms with van der Waals surface area (Å²) >= 11 is 0. The van der Waals surface area contributed by atoms with Crippen LogP contribution >= 0.6 is 0 Å². The van der Waals surface area contributed by atoms with Gasteiger partial charge in [-0.05, 0) is 24.3 Å². The van der Waals surface area contributed by atoms with E-state index < -0.39 is 22.5 Å². The van der Waals surface area contributed by atoms with Crippen molar-refractivity contribution >= 4 is 11.7 Å². The van der Waals surface area contributed by atoms with Crippen LogP contribution in [0, 0.1) is 21.7 Å². The topological polar surface area (TPSA) is 126 Å². The number of carbonyl (C=O) groups is 1. The fourth-order valence-electron chi connectivity index (χ4n) is 2.61. The van der Waals surface area contributed by atoms with Crippen LogP contribution in [0.2, 0.25) is 0 Å². The molecule has 0 N–H and O–H groups in total. The van der Waals surface area contributed by atoms with Crippen molar-refractivity contribution in [2.75, 3.05) is 0 Å². The molecule has 0 unspecified atom stereocenters. The molecule has 0 saturated heterocycles. The third kappa shape index (κ3) is 4.27. The zero-order valence-corrected chi connectivity index (χ0v) is 15.4. The van der Waals surface area contributed by atoms with Gasteiger partial charge in [-0.1, -0.05) is 11.2 Å². The number of ether oxygens (including phenoxy) is 1. The van der Waals surface area contributed by atoms with Crippen molar-refractivity contribution in [3.63, 3.8) is 0 Å². The minimum Gasteiger partial charge on any atom is -0.453 e. The number of carbonyl (C=O) groups excluding carboxylic acids is 1. The Labute approximate surface area is 171 Å². The number of hydrogen-bond donors (Lipinski definition) is 0. The van der Waals surface area contributed by atoms with Crippen LogP contribution in [-0.4, -0.2) is 30.8 Å². The van der Waals surface area contributed by atoms with E-state index in [1.165, 1.54) is 35.1 Å². The second-order valence-corrected chi connectivity index (χ2v) is 6.14. The summed E-state index contributed by atoms with van der Waals surface area (Å²) in [6, 6.07) is 9.95. The molecule has 10 nitrogen and oxygen atoms in total. The van der Waals surface area contributed by atoms with Gasteiger partial charge in [-0.3, -0.25) is 10.1 Å². The molecule has 2 aromatic heterocycles. The number of hydrogen-bond acceptors (Lipinski definition) is 8. The Bertz CT molecular complexity index is 1290. The van der Waals surface area contributed by atoms with Crippen LogP contribution in [0.1, 0.15) is 16.3 Å². The second kappa shape index (κ2) is 8.10. The summed E-state index contributed by atoms with van der Waals surface area (Å²) in [4.78, 5) is 26.5. The third-order valence-electron chi connectivity index (χ3n) is 4.07. The monoisotopic (exact) mass is 427 g/mol. The van der Waals surface area contributed by atoms with Crippen molar-refractivity contribution in [3.8, 4) is 17.1 Å². The highest BCUT2D eigenvalue weighted by atomic mass is 19.1. The quantitative estimate of drug-likeness (QED) is 0.260. The lowest BCUT2D eigenvalue weighted by Crippen LogP contribution is -2.08. The first-order chi connectivity index (χ1) is 14.9. The number of nitrogens with zero attached hydrogens (tertiary/aromatic N) is 5. The van der Waals surface area contributed by atoms with Gasteiger partial charge in [-0.15, -0.1) is 0 Å². The first-order valence-electron chi connectivity index (χ1n) is 8.66. The molecule has 0 aliphatic heterocycles. The van der Waals surface area contributed by atoms with Gasteiger partial charge in [0.2, 0.25) is 5.82 Å². The SMILES string of the molecule is O=C(OCc1noc(-c2ccc(F)cc2F)n1)c1ccn(-c2cccc([N+](=O)[O-])c2)n1. The molecule has 12 heteroatoms. The predicted octanol–water partition coefficient (Wildman–Crippen LogP) is 3.47. The summed E-state index contributed by atoms with van der Waals surface area (Å²) in [7, 11) is 0. The standard InChI is InChI=1S/C19H11F2N5O5/c20-11-4-5-14(15(21)8-11)18-22-17(24-31-18)10-30-19(27)16-6-7-25(23-16)12-2-1-3-13(9-12)26(28)29/h1-9H,10H2. The number of halogens is 2. The van der Waals surface area contributed by atoms with Gasteiger partial charge in [0, 0.05) is 24.4 Å². The van der Waals surface area contributed by atoms with E-state index in [0.717, 1.165) is 12.1 Å². The predicted molar refractivity (Wildman–Crippen MR) is 99.0 cm³/mol. The van der Waals surface area contributed by atoms with E-state index in [0.29, 0.717) is 11.8 Å². The van der Waals surface area contributed by atoms with Crippen LogP contribution < -0.4 is 0 Å². The van der Waals surface area contributed by atoms with Crippen LogP contribution in [-0.2, 0) is 11.3 Å². The number of nitro benzene ring substituents is 1. The smallest absolute Gasteiger partial charge is 0.359 e. The first-order valence-corrected chi connectivity index (χ1v) is 8.66. The Kier molecular flexibility index (Phi) is 5.18. The van der Waals surface area contributed by atoms with Gasteiger partial charge in [0.15, 0.2) is 12.3 Å². The van der Waals surface area contributed by atoms with Crippen LogP contribution in [0.4, 0.5) is 14.5 Å². The van der Waals surface area contributed by atoms with Crippen molar-refractivity contribution in [2.45, 2.75) is 6.61 Å². The molecule has 0 saturated carbocycles. The summed E-state index contributed by atoms with van der Waals surface area (Å²) in [5, 5.41) is 18.5. The van der Waals surface area contributed by atoms with Gasteiger partial charge < -0.3 is 9.26 Å². The first kappa shape index (κ1) is 19.8. The average molecular weight is 427 g/mol. The van der Waals surface area contributed by atoms with Crippen molar-refractivity contribution in [2.24, 2.45) is 0 Å². The van der Waals surface area contributed by atoms with Crippen molar-refractivity contribution < 1.29 is 27.8 Å². The summed E-state index contributed by atoms with van der Waals surface area (Å²) in [6.45, 7) is -0.380. The Hall–Kier alpha value is -4.48. The van der Waals surface area contributed by atoms with Crippen LogP contribution in [0.5, 0.6) is 0 Å².